The summed E-state index contributed by atoms with van der Waals surface area (Å²) in [6, 6.07) is 9.07. The molecule has 2 atom stereocenters. The van der Waals surface area contributed by atoms with Crippen molar-refractivity contribution in [2.45, 2.75) is 25.5 Å². The molecule has 0 radical (unpaired) electrons. The Labute approximate surface area is 136 Å². The van der Waals surface area contributed by atoms with Crippen LogP contribution in [0.4, 0.5) is 0 Å². The Bertz CT molecular complexity index is 557. The molecule has 124 valence electrons. The van der Waals surface area contributed by atoms with E-state index in [0.717, 1.165) is 5.75 Å². The minimum absolute atomic E-state index is 0.00246. The largest absolute Gasteiger partial charge is 0.488 e. The van der Waals surface area contributed by atoms with Crippen molar-refractivity contribution in [3.05, 3.63) is 30.3 Å². The van der Waals surface area contributed by atoms with Crippen molar-refractivity contribution >= 4 is 11.8 Å². The average molecular weight is 318 g/mol. The lowest BCUT2D eigenvalue weighted by Crippen LogP contribution is -2.50. The number of carbonyl (C=O) groups is 2. The summed E-state index contributed by atoms with van der Waals surface area (Å²) in [7, 11) is 0. The standard InChI is InChI=1S/C17H22N2O4/c1-13(20)19-12-15(23-14-5-3-2-4-6-14)11-16(19)17(21)18-7-9-22-10-8-18/h2-6,15-16H,7-12H2,1H3/t15-,16+/m0/s1. The Balaban J connectivity index is 1.68. The molecule has 2 heterocycles. The first-order valence-corrected chi connectivity index (χ1v) is 8.00. The predicted molar refractivity (Wildman–Crippen MR) is 84.0 cm³/mol. The maximum absolute atomic E-state index is 12.7. The van der Waals surface area contributed by atoms with Gasteiger partial charge in [0.2, 0.25) is 11.8 Å². The van der Waals surface area contributed by atoms with Crippen LogP contribution in [0.15, 0.2) is 30.3 Å². The van der Waals surface area contributed by atoms with Crippen molar-refractivity contribution < 1.29 is 19.1 Å². The molecule has 0 unspecified atom stereocenters. The van der Waals surface area contributed by atoms with Crippen molar-refractivity contribution in [1.29, 1.82) is 0 Å². The van der Waals surface area contributed by atoms with Gasteiger partial charge >= 0.3 is 0 Å². The van der Waals surface area contributed by atoms with E-state index >= 15 is 0 Å². The van der Waals surface area contributed by atoms with Gasteiger partial charge in [-0.05, 0) is 12.1 Å². The predicted octanol–water partition coefficient (Wildman–Crippen LogP) is 0.914. The van der Waals surface area contributed by atoms with Gasteiger partial charge in [0, 0.05) is 26.4 Å². The van der Waals surface area contributed by atoms with Gasteiger partial charge in [0.15, 0.2) is 0 Å². The molecule has 6 nitrogen and oxygen atoms in total. The van der Waals surface area contributed by atoms with E-state index in [0.29, 0.717) is 39.3 Å². The number of amides is 2. The van der Waals surface area contributed by atoms with E-state index in [4.69, 9.17) is 9.47 Å². The second-order valence-corrected chi connectivity index (χ2v) is 5.91. The van der Waals surface area contributed by atoms with E-state index in [1.165, 1.54) is 6.92 Å². The zero-order valence-electron chi connectivity index (χ0n) is 13.3. The highest BCUT2D eigenvalue weighted by Crippen LogP contribution is 2.24. The molecule has 1 aromatic carbocycles. The molecule has 23 heavy (non-hydrogen) atoms. The molecule has 0 bridgehead atoms. The number of carbonyl (C=O) groups excluding carboxylic acids is 2. The molecular weight excluding hydrogens is 296 g/mol. The number of benzene rings is 1. The molecule has 2 saturated heterocycles. The Hall–Kier alpha value is -2.08. The summed E-state index contributed by atoms with van der Waals surface area (Å²) in [5.74, 6) is 0.680. The van der Waals surface area contributed by atoms with E-state index in [-0.39, 0.29) is 17.9 Å². The van der Waals surface area contributed by atoms with Gasteiger partial charge in [-0.25, -0.2) is 0 Å². The highest BCUT2D eigenvalue weighted by atomic mass is 16.5. The Kier molecular flexibility index (Phi) is 4.81. The third-order valence-electron chi connectivity index (χ3n) is 4.32. The summed E-state index contributed by atoms with van der Waals surface area (Å²) < 4.78 is 11.2. The van der Waals surface area contributed by atoms with Crippen molar-refractivity contribution in [3.63, 3.8) is 0 Å². The minimum Gasteiger partial charge on any atom is -0.488 e. The monoisotopic (exact) mass is 318 g/mol. The van der Waals surface area contributed by atoms with Crippen LogP contribution in [0, 0.1) is 0 Å². The molecule has 6 heteroatoms. The third kappa shape index (κ3) is 3.64. The zero-order valence-corrected chi connectivity index (χ0v) is 13.3. The van der Waals surface area contributed by atoms with Crippen molar-refractivity contribution in [2.24, 2.45) is 0 Å². The molecular formula is C17H22N2O4. The average Bonchev–Trinajstić information content (AvgIpc) is 3.00. The topological polar surface area (TPSA) is 59.1 Å². The Morgan fingerprint density at radius 1 is 1.17 bits per heavy atom. The SMILES string of the molecule is CC(=O)N1C[C@@H](Oc2ccccc2)C[C@@H]1C(=O)N1CCOCC1. The van der Waals surface area contributed by atoms with Gasteiger partial charge in [0.05, 0.1) is 19.8 Å². The van der Waals surface area contributed by atoms with E-state index in [9.17, 15) is 9.59 Å². The van der Waals surface area contributed by atoms with Gasteiger partial charge in [-0.1, -0.05) is 18.2 Å². The molecule has 0 spiro atoms. The fourth-order valence-electron chi connectivity index (χ4n) is 3.15. The molecule has 0 N–H and O–H groups in total. The lowest BCUT2D eigenvalue weighted by atomic mass is 10.1. The van der Waals surface area contributed by atoms with Gasteiger partial charge in [-0.2, -0.15) is 0 Å². The van der Waals surface area contributed by atoms with Crippen LogP contribution in [0.5, 0.6) is 5.75 Å². The number of ether oxygens (including phenoxy) is 2. The van der Waals surface area contributed by atoms with Crippen molar-refractivity contribution in [1.82, 2.24) is 9.80 Å². The van der Waals surface area contributed by atoms with Gasteiger partial charge in [-0.15, -0.1) is 0 Å². The van der Waals surface area contributed by atoms with Crippen molar-refractivity contribution in [2.75, 3.05) is 32.8 Å². The van der Waals surface area contributed by atoms with Crippen LogP contribution >= 0.6 is 0 Å². The van der Waals surface area contributed by atoms with E-state index in [1.807, 2.05) is 30.3 Å². The summed E-state index contributed by atoms with van der Waals surface area (Å²) in [5.41, 5.74) is 0. The highest BCUT2D eigenvalue weighted by Gasteiger charge is 2.41. The van der Waals surface area contributed by atoms with Crippen LogP contribution < -0.4 is 4.74 Å². The van der Waals surface area contributed by atoms with E-state index in [2.05, 4.69) is 0 Å². The first-order chi connectivity index (χ1) is 11.1. The van der Waals surface area contributed by atoms with Crippen molar-refractivity contribution in [3.8, 4) is 5.75 Å². The summed E-state index contributed by atoms with van der Waals surface area (Å²) in [6.07, 6.45) is 0.376. The molecule has 2 aliphatic rings. The van der Waals surface area contributed by atoms with E-state index in [1.54, 1.807) is 9.80 Å². The fraction of sp³-hybridized carbons (Fsp3) is 0.529. The second kappa shape index (κ2) is 7.00. The molecule has 3 rings (SSSR count). The van der Waals surface area contributed by atoms with Crippen LogP contribution in [-0.2, 0) is 14.3 Å². The maximum Gasteiger partial charge on any atom is 0.245 e. The molecule has 2 amide bonds. The number of morpholine rings is 1. The highest BCUT2D eigenvalue weighted by molar-refractivity contribution is 5.87. The number of likely N-dealkylation sites (tertiary alicyclic amines) is 1. The Morgan fingerprint density at radius 3 is 2.52 bits per heavy atom. The lowest BCUT2D eigenvalue weighted by Gasteiger charge is -2.31. The second-order valence-electron chi connectivity index (χ2n) is 5.91. The first-order valence-electron chi connectivity index (χ1n) is 8.00. The smallest absolute Gasteiger partial charge is 0.245 e. The van der Waals surface area contributed by atoms with Crippen LogP contribution in [0.25, 0.3) is 0 Å². The number of hydrogen-bond acceptors (Lipinski definition) is 4. The van der Waals surface area contributed by atoms with Crippen LogP contribution in [0.3, 0.4) is 0 Å². The van der Waals surface area contributed by atoms with Gasteiger partial charge in [0.1, 0.15) is 17.9 Å². The molecule has 2 fully saturated rings. The first kappa shape index (κ1) is 15.8. The quantitative estimate of drug-likeness (QED) is 0.831. The normalized spacial score (nSPS) is 24.6. The van der Waals surface area contributed by atoms with Gasteiger partial charge in [0.25, 0.3) is 0 Å². The fourth-order valence-corrected chi connectivity index (χ4v) is 3.15. The summed E-state index contributed by atoms with van der Waals surface area (Å²) in [4.78, 5) is 28.1. The van der Waals surface area contributed by atoms with Gasteiger partial charge in [-0.3, -0.25) is 9.59 Å². The summed E-state index contributed by atoms with van der Waals surface area (Å²) >= 11 is 0. The summed E-state index contributed by atoms with van der Waals surface area (Å²) in [6.45, 7) is 4.25. The zero-order chi connectivity index (χ0) is 16.2. The van der Waals surface area contributed by atoms with Crippen LogP contribution in [0.2, 0.25) is 0 Å². The molecule has 0 saturated carbocycles. The molecule has 2 aliphatic heterocycles. The van der Waals surface area contributed by atoms with Gasteiger partial charge < -0.3 is 19.3 Å². The number of para-hydroxylation sites is 1. The lowest BCUT2D eigenvalue weighted by molar-refractivity contribution is -0.145. The molecule has 0 aromatic heterocycles. The molecule has 1 aromatic rings. The number of rotatable bonds is 3. The third-order valence-corrected chi connectivity index (χ3v) is 4.32. The maximum atomic E-state index is 12.7. The minimum atomic E-state index is -0.431. The Morgan fingerprint density at radius 2 is 1.87 bits per heavy atom. The summed E-state index contributed by atoms with van der Waals surface area (Å²) in [5, 5.41) is 0. The van der Waals surface area contributed by atoms with Crippen LogP contribution in [-0.4, -0.2) is 66.6 Å². The van der Waals surface area contributed by atoms with E-state index < -0.39 is 6.04 Å². The number of hydrogen-bond donors (Lipinski definition) is 0. The van der Waals surface area contributed by atoms with Crippen LogP contribution in [0.1, 0.15) is 13.3 Å². The number of nitrogens with zero attached hydrogens (tertiary/aromatic N) is 2. The molecule has 0 aliphatic carbocycles.